The summed E-state index contributed by atoms with van der Waals surface area (Å²) >= 11 is 0. The monoisotopic (exact) mass is 124 g/mol. The van der Waals surface area contributed by atoms with Gasteiger partial charge in [-0.25, -0.2) is 0 Å². The van der Waals surface area contributed by atoms with Gasteiger partial charge in [0, 0.05) is 42.4 Å². The quantitative estimate of drug-likeness (QED) is 0.376. The second-order valence-corrected chi connectivity index (χ2v) is 0.603. The van der Waals surface area contributed by atoms with E-state index in [9.17, 15) is 0 Å². The molecule has 0 aliphatic carbocycles. The maximum atomic E-state index is 8.52. The van der Waals surface area contributed by atoms with Crippen LogP contribution in [0.2, 0.25) is 0 Å². The van der Waals surface area contributed by atoms with E-state index < -0.39 is 10.8 Å². The van der Waals surface area contributed by atoms with Crippen LogP contribution in [-0.2, 0) is 0 Å². The maximum Gasteiger partial charge on any atom is 0.282 e. The van der Waals surface area contributed by atoms with Gasteiger partial charge in [0.15, 0.2) is 0 Å². The molecular formula is HArClO3. The molecule has 0 bridgehead atoms. The minimum atomic E-state index is -2.60. The van der Waals surface area contributed by atoms with Crippen molar-refractivity contribution < 1.29 is 62.5 Å². The fraction of sp³-hybridized carbons (Fsp3) is 0. The van der Waals surface area contributed by atoms with Gasteiger partial charge in [-0.3, -0.25) is 0 Å². The fourth-order valence-corrected chi connectivity index (χ4v) is 0. The first kappa shape index (κ1) is 9.66. The Labute approximate surface area is 62.0 Å². The smallest absolute Gasteiger partial charge is 0.282 e. The average molecular weight is 124 g/mol. The number of rotatable bonds is 0. The molecule has 34 valence electrons. The zero-order valence-corrected chi connectivity index (χ0v) is 3.46. The molecule has 0 saturated heterocycles. The molecule has 0 atom stereocenters. The zero-order chi connectivity index (χ0) is 3.58. The summed E-state index contributed by atoms with van der Waals surface area (Å²) in [6, 6.07) is 0. The van der Waals surface area contributed by atoms with Crippen LogP contribution in [-0.4, -0.2) is 4.66 Å². The van der Waals surface area contributed by atoms with E-state index in [1.54, 1.807) is 0 Å². The van der Waals surface area contributed by atoms with Crippen LogP contribution in [0.25, 0.3) is 0 Å². The first-order valence-electron chi connectivity index (χ1n) is 0.478. The molecule has 0 amide bonds. The van der Waals surface area contributed by atoms with Gasteiger partial charge in [-0.15, -0.1) is 0 Å². The van der Waals surface area contributed by atoms with Gasteiger partial charge in [-0.05, 0) is 0 Å². The summed E-state index contributed by atoms with van der Waals surface area (Å²) in [7, 11) is -2.60. The molecule has 0 spiro atoms. The van der Waals surface area contributed by atoms with Crippen LogP contribution in [0.5, 0.6) is 0 Å². The van der Waals surface area contributed by atoms with Crippen molar-refractivity contribution in [2.24, 2.45) is 0 Å². The predicted molar refractivity (Wildman–Crippen MR) is 2.22 cm³/mol. The summed E-state index contributed by atoms with van der Waals surface area (Å²) < 4.78 is 24.0. The standard InChI is InChI=1S/Ar.ClHO3/c;2-1(3)4/h;2H. The van der Waals surface area contributed by atoms with Gasteiger partial charge in [0.25, 0.3) is 10.8 Å². The van der Waals surface area contributed by atoms with Gasteiger partial charge < -0.3 is 9.32 Å². The topological polar surface area (TPSA) is 66.3 Å². The first-order chi connectivity index (χ1) is 1.73. The minimum absolute atomic E-state index is 0. The summed E-state index contributed by atoms with van der Waals surface area (Å²) in [5, 5.41) is 0. The molecule has 0 fully saturated rings. The molecule has 0 saturated carbocycles. The zero-order valence-electron chi connectivity index (χ0n) is 2.00. The van der Waals surface area contributed by atoms with Crippen LogP contribution in [0.15, 0.2) is 0 Å². The Kier molecular flexibility index (Phi) is 10.5. The van der Waals surface area contributed by atoms with Crippen molar-refractivity contribution >= 4 is 0 Å². The van der Waals surface area contributed by atoms with E-state index in [0.717, 1.165) is 0 Å². The van der Waals surface area contributed by atoms with Crippen LogP contribution in [0.3, 0.4) is 0 Å². The normalized spacial score (nSPS) is 7.20. The molecule has 5 heteroatoms. The molecule has 0 radical (unpaired) electrons. The third kappa shape index (κ3) is 31.2. The van der Waals surface area contributed by atoms with Gasteiger partial charge in [0.05, 0.1) is 0 Å². The third-order valence-corrected chi connectivity index (χ3v) is 0. The minimum Gasteiger partial charge on any atom is -0.321 e. The molecule has 0 unspecified atom stereocenters. The van der Waals surface area contributed by atoms with Crippen molar-refractivity contribution in [3.05, 3.63) is 0 Å². The van der Waals surface area contributed by atoms with Crippen molar-refractivity contribution in [2.75, 3.05) is 0 Å². The first-order valence-corrected chi connectivity index (χ1v) is 1.43. The van der Waals surface area contributed by atoms with E-state index >= 15 is 0 Å². The predicted octanol–water partition coefficient (Wildman–Crippen LogP) is -2.94. The Hall–Kier alpha value is 1.43. The molecular weight excluding hydrogens is 123 g/mol. The molecule has 0 rings (SSSR count). The summed E-state index contributed by atoms with van der Waals surface area (Å²) in [5.74, 6) is 0. The second kappa shape index (κ2) is 5.43. The average Bonchev–Trinajstić information content (AvgIpc) is 0.811. The van der Waals surface area contributed by atoms with Crippen LogP contribution in [0.4, 0.5) is 0 Å². The van der Waals surface area contributed by atoms with Gasteiger partial charge in [-0.1, -0.05) is 0 Å². The Morgan fingerprint density at radius 3 is 1.40 bits per heavy atom. The summed E-state index contributed by atoms with van der Waals surface area (Å²) in [6.07, 6.45) is 0. The van der Waals surface area contributed by atoms with Crippen LogP contribution >= 0.6 is 0 Å². The van der Waals surface area contributed by atoms with Crippen LogP contribution in [0.1, 0.15) is 0 Å². The summed E-state index contributed by atoms with van der Waals surface area (Å²) in [6.45, 7) is 0. The molecule has 3 nitrogen and oxygen atoms in total. The van der Waals surface area contributed by atoms with Crippen LogP contribution < -0.4 is 9.32 Å². The van der Waals surface area contributed by atoms with E-state index in [-0.39, 0.29) is 37.7 Å². The van der Waals surface area contributed by atoms with Crippen molar-refractivity contribution in [2.45, 2.75) is 0 Å². The second-order valence-electron chi connectivity index (χ2n) is 0.201. The molecule has 0 aliphatic rings. The molecule has 1 N–H and O–H groups in total. The number of hydrogen-bond donors (Lipinski definition) is 1. The van der Waals surface area contributed by atoms with Crippen LogP contribution in [0, 0.1) is 48.5 Å². The molecule has 0 aromatic heterocycles. The molecule has 0 aliphatic heterocycles. The third-order valence-electron chi connectivity index (χ3n) is 0. The van der Waals surface area contributed by atoms with Gasteiger partial charge in [-0.2, -0.15) is 0 Å². The van der Waals surface area contributed by atoms with E-state index in [4.69, 9.17) is 14.0 Å². The Bertz CT molecular complexity index is 11.6. The summed E-state index contributed by atoms with van der Waals surface area (Å²) in [4.78, 5) is 0. The molecule has 0 aromatic carbocycles. The van der Waals surface area contributed by atoms with Crippen molar-refractivity contribution in [3.63, 3.8) is 0 Å². The number of halogens is 1. The SMILES string of the molecule is [Ar].[O-][Cl+2]([O-])O. The Morgan fingerprint density at radius 1 is 1.40 bits per heavy atom. The van der Waals surface area contributed by atoms with Gasteiger partial charge >= 0.3 is 0 Å². The number of hydrogen-bond acceptors (Lipinski definition) is 3. The fourth-order valence-electron chi connectivity index (χ4n) is 0. The Morgan fingerprint density at radius 2 is 1.40 bits per heavy atom. The van der Waals surface area contributed by atoms with E-state index in [2.05, 4.69) is 0 Å². The van der Waals surface area contributed by atoms with E-state index in [0.29, 0.717) is 0 Å². The summed E-state index contributed by atoms with van der Waals surface area (Å²) in [5.41, 5.74) is 0. The van der Waals surface area contributed by atoms with E-state index in [1.165, 1.54) is 0 Å². The molecule has 0 heterocycles. The van der Waals surface area contributed by atoms with Gasteiger partial charge in [0.2, 0.25) is 0 Å². The largest absolute Gasteiger partial charge is 0.321 e. The van der Waals surface area contributed by atoms with Crippen molar-refractivity contribution in [1.29, 1.82) is 0 Å². The van der Waals surface area contributed by atoms with Crippen molar-refractivity contribution in [3.8, 4) is 0 Å². The maximum absolute atomic E-state index is 8.52. The van der Waals surface area contributed by atoms with E-state index in [1.807, 2.05) is 0 Å². The molecule has 5 heavy (non-hydrogen) atoms. The van der Waals surface area contributed by atoms with Gasteiger partial charge in [0.1, 0.15) is 0 Å². The Balaban J connectivity index is 0. The molecule has 0 aromatic rings. The van der Waals surface area contributed by atoms with Crippen molar-refractivity contribution in [1.82, 2.24) is 0 Å².